The molecule has 3 aromatic rings. The van der Waals surface area contributed by atoms with Crippen molar-refractivity contribution in [2.75, 3.05) is 12.0 Å². The monoisotopic (exact) mass is 380 g/mol. The maximum Gasteiger partial charge on any atom is 0.340 e. The van der Waals surface area contributed by atoms with E-state index in [0.717, 1.165) is 15.8 Å². The molecule has 0 aliphatic carbocycles. The SMILES string of the molecule is COC(=O)C1=C(O)C(=O)N(c2nc3ccccc3s2)C1c1ccc(C)cc1. The molecule has 1 unspecified atom stereocenters. The molecule has 0 fully saturated rings. The van der Waals surface area contributed by atoms with Crippen molar-refractivity contribution in [1.29, 1.82) is 0 Å². The fourth-order valence-electron chi connectivity index (χ4n) is 3.15. The molecular weight excluding hydrogens is 364 g/mol. The van der Waals surface area contributed by atoms with Gasteiger partial charge in [0, 0.05) is 0 Å². The van der Waals surface area contributed by atoms with Gasteiger partial charge < -0.3 is 9.84 Å². The van der Waals surface area contributed by atoms with Crippen LogP contribution in [0.2, 0.25) is 0 Å². The second kappa shape index (κ2) is 6.51. The van der Waals surface area contributed by atoms with Gasteiger partial charge in [-0.05, 0) is 24.6 Å². The maximum atomic E-state index is 12.8. The molecule has 1 aromatic heterocycles. The highest BCUT2D eigenvalue weighted by atomic mass is 32.1. The molecule has 136 valence electrons. The van der Waals surface area contributed by atoms with E-state index < -0.39 is 23.7 Å². The zero-order valence-corrected chi connectivity index (χ0v) is 15.5. The summed E-state index contributed by atoms with van der Waals surface area (Å²) in [7, 11) is 1.22. The summed E-state index contributed by atoms with van der Waals surface area (Å²) in [6.45, 7) is 1.95. The van der Waals surface area contributed by atoms with Crippen molar-refractivity contribution in [2.45, 2.75) is 13.0 Å². The van der Waals surface area contributed by atoms with Crippen LogP contribution < -0.4 is 4.90 Å². The second-order valence-electron chi connectivity index (χ2n) is 6.21. The van der Waals surface area contributed by atoms with E-state index in [1.54, 1.807) is 0 Å². The van der Waals surface area contributed by atoms with Crippen LogP contribution in [0.25, 0.3) is 10.2 Å². The van der Waals surface area contributed by atoms with Gasteiger partial charge in [-0.2, -0.15) is 0 Å². The van der Waals surface area contributed by atoms with Crippen molar-refractivity contribution < 1.29 is 19.4 Å². The first-order valence-corrected chi connectivity index (χ1v) is 9.10. The van der Waals surface area contributed by atoms with E-state index in [0.29, 0.717) is 10.7 Å². The number of benzene rings is 2. The minimum atomic E-state index is -0.800. The number of aryl methyl sites for hydroxylation is 1. The van der Waals surface area contributed by atoms with Crippen molar-refractivity contribution >= 4 is 38.6 Å². The summed E-state index contributed by atoms with van der Waals surface area (Å²) in [6, 6.07) is 14.2. The van der Waals surface area contributed by atoms with Crippen LogP contribution in [0.5, 0.6) is 0 Å². The van der Waals surface area contributed by atoms with Gasteiger partial charge in [0.15, 0.2) is 10.9 Å². The van der Waals surface area contributed by atoms with E-state index >= 15 is 0 Å². The fraction of sp³-hybridized carbons (Fsp3) is 0.150. The number of rotatable bonds is 3. The number of aromatic nitrogens is 1. The Bertz CT molecular complexity index is 1050. The molecule has 0 saturated heterocycles. The van der Waals surface area contributed by atoms with Gasteiger partial charge in [0.1, 0.15) is 11.6 Å². The molecule has 1 aliphatic rings. The molecule has 0 bridgehead atoms. The highest BCUT2D eigenvalue weighted by Crippen LogP contribution is 2.43. The van der Waals surface area contributed by atoms with Crippen LogP contribution in [0.15, 0.2) is 59.9 Å². The number of carbonyl (C=O) groups excluding carboxylic acids is 2. The number of nitrogens with zero attached hydrogens (tertiary/aromatic N) is 2. The topological polar surface area (TPSA) is 79.7 Å². The number of fused-ring (bicyclic) bond motifs is 1. The summed E-state index contributed by atoms with van der Waals surface area (Å²) in [6.07, 6.45) is 0. The van der Waals surface area contributed by atoms with Gasteiger partial charge in [-0.3, -0.25) is 9.69 Å². The Labute approximate surface area is 159 Å². The zero-order chi connectivity index (χ0) is 19.1. The number of amides is 1. The summed E-state index contributed by atoms with van der Waals surface area (Å²) < 4.78 is 5.73. The minimum Gasteiger partial charge on any atom is -0.503 e. The zero-order valence-electron chi connectivity index (χ0n) is 14.7. The average molecular weight is 380 g/mol. The average Bonchev–Trinajstić information content (AvgIpc) is 3.21. The first kappa shape index (κ1) is 17.2. The van der Waals surface area contributed by atoms with E-state index in [4.69, 9.17) is 4.74 Å². The van der Waals surface area contributed by atoms with Gasteiger partial charge in [-0.15, -0.1) is 0 Å². The highest BCUT2D eigenvalue weighted by Gasteiger charge is 2.46. The van der Waals surface area contributed by atoms with Crippen LogP contribution in [0.1, 0.15) is 17.2 Å². The van der Waals surface area contributed by atoms with Crippen molar-refractivity contribution in [3.8, 4) is 0 Å². The normalized spacial score (nSPS) is 17.0. The van der Waals surface area contributed by atoms with Crippen LogP contribution in [-0.2, 0) is 14.3 Å². The lowest BCUT2D eigenvalue weighted by atomic mass is 9.98. The molecule has 1 amide bonds. The van der Waals surface area contributed by atoms with E-state index in [2.05, 4.69) is 4.98 Å². The van der Waals surface area contributed by atoms with Crippen LogP contribution in [0, 0.1) is 6.92 Å². The number of aliphatic hydroxyl groups excluding tert-OH is 1. The third kappa shape index (κ3) is 2.76. The number of para-hydroxylation sites is 1. The number of aliphatic hydroxyl groups is 1. The fourth-order valence-corrected chi connectivity index (χ4v) is 4.14. The molecule has 1 atom stereocenters. The molecule has 27 heavy (non-hydrogen) atoms. The van der Waals surface area contributed by atoms with Gasteiger partial charge in [0.05, 0.1) is 17.3 Å². The second-order valence-corrected chi connectivity index (χ2v) is 7.22. The Balaban J connectivity index is 1.89. The van der Waals surface area contributed by atoms with Gasteiger partial charge in [-0.1, -0.05) is 53.3 Å². The molecule has 7 heteroatoms. The first-order chi connectivity index (χ1) is 13.0. The van der Waals surface area contributed by atoms with E-state index in [9.17, 15) is 14.7 Å². The number of carbonyl (C=O) groups is 2. The number of anilines is 1. The van der Waals surface area contributed by atoms with Crippen LogP contribution in [0.4, 0.5) is 5.13 Å². The summed E-state index contributed by atoms with van der Waals surface area (Å²) in [5.41, 5.74) is 2.41. The third-order valence-corrected chi connectivity index (χ3v) is 5.53. The molecule has 2 heterocycles. The Morgan fingerprint density at radius 3 is 2.56 bits per heavy atom. The highest BCUT2D eigenvalue weighted by molar-refractivity contribution is 7.22. The number of thiazole rings is 1. The Morgan fingerprint density at radius 2 is 1.89 bits per heavy atom. The van der Waals surface area contributed by atoms with Crippen LogP contribution in [0.3, 0.4) is 0 Å². The van der Waals surface area contributed by atoms with Gasteiger partial charge in [-0.25, -0.2) is 9.78 Å². The number of hydrogen-bond donors (Lipinski definition) is 1. The number of ether oxygens (including phenoxy) is 1. The van der Waals surface area contributed by atoms with E-state index in [1.807, 2.05) is 55.5 Å². The number of esters is 1. The molecular formula is C20H16N2O4S. The summed E-state index contributed by atoms with van der Waals surface area (Å²) in [5, 5.41) is 10.8. The number of hydrogen-bond acceptors (Lipinski definition) is 6. The summed E-state index contributed by atoms with van der Waals surface area (Å²) in [5.74, 6) is -2.01. The third-order valence-electron chi connectivity index (χ3n) is 4.50. The lowest BCUT2D eigenvalue weighted by Crippen LogP contribution is -2.31. The Kier molecular flexibility index (Phi) is 4.16. The Hall–Kier alpha value is -3.19. The van der Waals surface area contributed by atoms with E-state index in [-0.39, 0.29) is 5.57 Å². The molecule has 2 aromatic carbocycles. The van der Waals surface area contributed by atoms with Crippen molar-refractivity contribution in [2.24, 2.45) is 0 Å². The first-order valence-electron chi connectivity index (χ1n) is 8.28. The largest absolute Gasteiger partial charge is 0.503 e. The van der Waals surface area contributed by atoms with Crippen molar-refractivity contribution in [1.82, 2.24) is 4.98 Å². The lowest BCUT2D eigenvalue weighted by Gasteiger charge is -2.24. The van der Waals surface area contributed by atoms with Crippen molar-refractivity contribution in [3.63, 3.8) is 0 Å². The van der Waals surface area contributed by atoms with Gasteiger partial charge in [0.25, 0.3) is 5.91 Å². The van der Waals surface area contributed by atoms with Crippen LogP contribution in [-0.4, -0.2) is 29.1 Å². The lowest BCUT2D eigenvalue weighted by molar-refractivity contribution is -0.136. The molecule has 0 spiro atoms. The smallest absolute Gasteiger partial charge is 0.340 e. The van der Waals surface area contributed by atoms with Gasteiger partial charge in [0.2, 0.25) is 0 Å². The van der Waals surface area contributed by atoms with Crippen LogP contribution >= 0.6 is 11.3 Å². The summed E-state index contributed by atoms with van der Waals surface area (Å²) in [4.78, 5) is 31.1. The predicted octanol–water partition coefficient (Wildman–Crippen LogP) is 3.68. The van der Waals surface area contributed by atoms with Crippen molar-refractivity contribution in [3.05, 3.63) is 71.0 Å². The predicted molar refractivity (Wildman–Crippen MR) is 103 cm³/mol. The molecule has 0 radical (unpaired) electrons. The quantitative estimate of drug-likeness (QED) is 0.701. The maximum absolute atomic E-state index is 12.8. The minimum absolute atomic E-state index is 0.0781. The standard InChI is InChI=1S/C20H16N2O4S/c1-11-7-9-12(10-8-11)16-15(19(25)26-2)17(23)18(24)22(16)20-21-13-5-3-4-6-14(13)27-20/h3-10,16,23H,1-2H3. The summed E-state index contributed by atoms with van der Waals surface area (Å²) >= 11 is 1.33. The molecule has 4 rings (SSSR count). The molecule has 1 N–H and O–H groups in total. The number of methoxy groups -OCH3 is 1. The van der Waals surface area contributed by atoms with E-state index in [1.165, 1.54) is 23.3 Å². The van der Waals surface area contributed by atoms with Gasteiger partial charge >= 0.3 is 5.97 Å². The molecule has 1 aliphatic heterocycles. The Morgan fingerprint density at radius 1 is 1.19 bits per heavy atom. The molecule has 0 saturated carbocycles. The molecule has 6 nitrogen and oxygen atoms in total.